The number of carbonyl (C=O) groups is 3. The summed E-state index contributed by atoms with van der Waals surface area (Å²) < 4.78 is 5.37. The Balaban J connectivity index is 2.13. The maximum Gasteiger partial charge on any atom is 0.312 e. The quantitative estimate of drug-likeness (QED) is 0.319. The van der Waals surface area contributed by atoms with Crippen LogP contribution in [0.1, 0.15) is 21.9 Å². The second-order valence-corrected chi connectivity index (χ2v) is 4.65. The number of hydrogen-bond donors (Lipinski definition) is 2. The van der Waals surface area contributed by atoms with Crippen LogP contribution in [0.15, 0.2) is 10.5 Å². The Morgan fingerprint density at radius 2 is 2.10 bits per heavy atom. The molecule has 1 aliphatic heterocycles. The van der Waals surface area contributed by atoms with Crippen molar-refractivity contribution in [1.29, 1.82) is 0 Å². The Kier molecular flexibility index (Phi) is 3.75. The number of piperazine rings is 1. The predicted octanol–water partition coefficient (Wildman–Crippen LogP) is -1.01. The molecule has 1 aromatic heterocycles. The molecule has 0 bridgehead atoms. The number of nitrogens with two attached hydrogens (primary N) is 1. The van der Waals surface area contributed by atoms with Gasteiger partial charge in [-0.2, -0.15) is 0 Å². The minimum Gasteiger partial charge on any atom is -0.454 e. The summed E-state index contributed by atoms with van der Waals surface area (Å²) in [5.41, 5.74) is 2.61. The summed E-state index contributed by atoms with van der Waals surface area (Å²) in [4.78, 5) is 37.6. The standard InChI is InChI=1S/C12H16N4O4/c1-7-5-8(20-9(7)10(17)14-13)6-16-4-3-15(2)11(18)12(16)19/h5H,3-4,6,13H2,1-2H3,(H,14,17). The van der Waals surface area contributed by atoms with Gasteiger partial charge in [0, 0.05) is 25.7 Å². The van der Waals surface area contributed by atoms with Crippen LogP contribution in [0.2, 0.25) is 0 Å². The van der Waals surface area contributed by atoms with E-state index in [0.29, 0.717) is 24.4 Å². The van der Waals surface area contributed by atoms with Gasteiger partial charge in [0.05, 0.1) is 6.54 Å². The number of carbonyl (C=O) groups excluding carboxylic acids is 3. The maximum atomic E-state index is 11.8. The average Bonchev–Trinajstić information content (AvgIpc) is 2.79. The van der Waals surface area contributed by atoms with Crippen LogP contribution in [0.25, 0.3) is 0 Å². The molecule has 1 saturated heterocycles. The molecule has 2 heterocycles. The minimum atomic E-state index is -0.572. The first kappa shape index (κ1) is 14.1. The van der Waals surface area contributed by atoms with Gasteiger partial charge in [-0.25, -0.2) is 5.84 Å². The van der Waals surface area contributed by atoms with E-state index < -0.39 is 17.7 Å². The molecule has 0 spiro atoms. The Bertz CT molecular complexity index is 566. The van der Waals surface area contributed by atoms with Gasteiger partial charge in [-0.05, 0) is 13.0 Å². The molecule has 8 heteroatoms. The molecule has 1 aromatic rings. The van der Waals surface area contributed by atoms with E-state index in [4.69, 9.17) is 10.3 Å². The minimum absolute atomic E-state index is 0.107. The van der Waals surface area contributed by atoms with Crippen molar-refractivity contribution in [1.82, 2.24) is 15.2 Å². The van der Waals surface area contributed by atoms with Crippen LogP contribution in [-0.4, -0.2) is 47.7 Å². The number of nitrogen functional groups attached to an aromatic ring is 1. The molecular formula is C12H16N4O4. The fraction of sp³-hybridized carbons (Fsp3) is 0.417. The molecule has 0 radical (unpaired) electrons. The molecule has 20 heavy (non-hydrogen) atoms. The summed E-state index contributed by atoms with van der Waals surface area (Å²) in [5.74, 6) is 3.94. The summed E-state index contributed by atoms with van der Waals surface area (Å²) in [6.45, 7) is 2.76. The van der Waals surface area contributed by atoms with Crippen LogP contribution >= 0.6 is 0 Å². The maximum absolute atomic E-state index is 11.8. The number of likely N-dealkylation sites (N-methyl/N-ethyl adjacent to an activating group) is 1. The lowest BCUT2D eigenvalue weighted by Gasteiger charge is -2.30. The third kappa shape index (κ3) is 2.50. The lowest BCUT2D eigenvalue weighted by atomic mass is 10.2. The highest BCUT2D eigenvalue weighted by Gasteiger charge is 2.31. The first-order valence-electron chi connectivity index (χ1n) is 6.08. The van der Waals surface area contributed by atoms with Gasteiger partial charge in [0.1, 0.15) is 5.76 Å². The number of hydrogen-bond acceptors (Lipinski definition) is 5. The van der Waals surface area contributed by atoms with Gasteiger partial charge in [0.2, 0.25) is 0 Å². The van der Waals surface area contributed by atoms with E-state index in [0.717, 1.165) is 0 Å². The molecule has 0 aliphatic carbocycles. The van der Waals surface area contributed by atoms with E-state index in [2.05, 4.69) is 0 Å². The molecule has 0 aromatic carbocycles. The normalized spacial score (nSPS) is 15.8. The Morgan fingerprint density at radius 3 is 2.75 bits per heavy atom. The SMILES string of the molecule is Cc1cc(CN2CCN(C)C(=O)C2=O)oc1C(=O)NN. The molecule has 0 atom stereocenters. The van der Waals surface area contributed by atoms with Crippen LogP contribution in [0.5, 0.6) is 0 Å². The Labute approximate surface area is 115 Å². The smallest absolute Gasteiger partial charge is 0.312 e. The molecule has 2 rings (SSSR count). The third-order valence-corrected chi connectivity index (χ3v) is 3.18. The van der Waals surface area contributed by atoms with Crippen molar-refractivity contribution in [3.05, 3.63) is 23.2 Å². The zero-order valence-electron chi connectivity index (χ0n) is 11.3. The topological polar surface area (TPSA) is 109 Å². The van der Waals surface area contributed by atoms with Crippen molar-refractivity contribution in [2.45, 2.75) is 13.5 Å². The number of amides is 3. The van der Waals surface area contributed by atoms with E-state index in [1.54, 1.807) is 20.0 Å². The molecule has 3 amide bonds. The summed E-state index contributed by atoms with van der Waals surface area (Å²) in [5, 5.41) is 0. The van der Waals surface area contributed by atoms with Gasteiger partial charge in [-0.3, -0.25) is 19.8 Å². The van der Waals surface area contributed by atoms with E-state index in [9.17, 15) is 14.4 Å². The highest BCUT2D eigenvalue weighted by atomic mass is 16.4. The van der Waals surface area contributed by atoms with Crippen molar-refractivity contribution >= 4 is 17.7 Å². The van der Waals surface area contributed by atoms with Crippen molar-refractivity contribution in [2.75, 3.05) is 20.1 Å². The summed E-state index contributed by atoms with van der Waals surface area (Å²) in [6.07, 6.45) is 0. The largest absolute Gasteiger partial charge is 0.454 e. The molecule has 8 nitrogen and oxygen atoms in total. The van der Waals surface area contributed by atoms with Gasteiger partial charge in [-0.1, -0.05) is 0 Å². The predicted molar refractivity (Wildman–Crippen MR) is 68.2 cm³/mol. The third-order valence-electron chi connectivity index (χ3n) is 3.18. The monoisotopic (exact) mass is 280 g/mol. The van der Waals surface area contributed by atoms with Crippen LogP contribution in [0.3, 0.4) is 0 Å². The Hall–Kier alpha value is -2.35. The number of aryl methyl sites for hydroxylation is 1. The van der Waals surface area contributed by atoms with Gasteiger partial charge in [0.15, 0.2) is 5.76 Å². The van der Waals surface area contributed by atoms with Crippen LogP contribution in [-0.2, 0) is 16.1 Å². The van der Waals surface area contributed by atoms with Crippen molar-refractivity contribution in [2.24, 2.45) is 5.84 Å². The highest BCUT2D eigenvalue weighted by Crippen LogP contribution is 2.17. The van der Waals surface area contributed by atoms with Gasteiger partial charge < -0.3 is 14.2 Å². The number of nitrogens with zero attached hydrogens (tertiary/aromatic N) is 2. The number of hydrazine groups is 1. The molecule has 0 unspecified atom stereocenters. The van der Waals surface area contributed by atoms with E-state index in [1.165, 1.54) is 9.80 Å². The van der Waals surface area contributed by atoms with Crippen LogP contribution in [0.4, 0.5) is 0 Å². The molecule has 1 aliphatic rings. The fourth-order valence-corrected chi connectivity index (χ4v) is 2.03. The Morgan fingerprint density at radius 1 is 1.40 bits per heavy atom. The molecular weight excluding hydrogens is 264 g/mol. The zero-order chi connectivity index (χ0) is 14.9. The first-order chi connectivity index (χ1) is 9.43. The lowest BCUT2D eigenvalue weighted by Crippen LogP contribution is -2.52. The van der Waals surface area contributed by atoms with Crippen molar-refractivity contribution < 1.29 is 18.8 Å². The van der Waals surface area contributed by atoms with Gasteiger partial charge in [0.25, 0.3) is 0 Å². The van der Waals surface area contributed by atoms with Crippen LogP contribution in [0, 0.1) is 6.92 Å². The molecule has 0 saturated carbocycles. The number of furan rings is 1. The average molecular weight is 280 g/mol. The van der Waals surface area contributed by atoms with Crippen LogP contribution < -0.4 is 11.3 Å². The van der Waals surface area contributed by atoms with Crippen molar-refractivity contribution in [3.8, 4) is 0 Å². The summed E-state index contributed by atoms with van der Waals surface area (Å²) in [7, 11) is 1.58. The zero-order valence-corrected chi connectivity index (χ0v) is 11.3. The highest BCUT2D eigenvalue weighted by molar-refractivity contribution is 6.35. The fourth-order valence-electron chi connectivity index (χ4n) is 2.03. The second-order valence-electron chi connectivity index (χ2n) is 4.65. The molecule has 108 valence electrons. The van der Waals surface area contributed by atoms with Gasteiger partial charge >= 0.3 is 17.7 Å². The number of nitrogens with one attached hydrogen (secondary N) is 1. The van der Waals surface area contributed by atoms with E-state index >= 15 is 0 Å². The van der Waals surface area contributed by atoms with E-state index in [-0.39, 0.29) is 12.3 Å². The lowest BCUT2D eigenvalue weighted by molar-refractivity contribution is -0.155. The summed E-state index contributed by atoms with van der Waals surface area (Å²) in [6, 6.07) is 1.65. The van der Waals surface area contributed by atoms with Crippen molar-refractivity contribution in [3.63, 3.8) is 0 Å². The van der Waals surface area contributed by atoms with Gasteiger partial charge in [-0.15, -0.1) is 0 Å². The molecule has 3 N–H and O–H groups in total. The molecule has 1 fully saturated rings. The second kappa shape index (κ2) is 5.33. The first-order valence-corrected chi connectivity index (χ1v) is 6.08. The summed E-state index contributed by atoms with van der Waals surface area (Å²) >= 11 is 0. The van der Waals surface area contributed by atoms with E-state index in [1.807, 2.05) is 5.43 Å². The number of rotatable bonds is 3.